The fourth-order valence-electron chi connectivity index (χ4n) is 3.82. The standard InChI is InChI=1S/C20H30N4O2/c1-2-3-9-20(26)23-12-6-13-24-18(15-23)14-17(22-24)10-11-19(25)21-16-7-4-5-8-16/h2-3,14,16H,4-13,15H2,1H3,(H,21,25)/b3-2+. The van der Waals surface area contributed by atoms with Crippen molar-refractivity contribution in [2.45, 2.75) is 77.4 Å². The number of nitrogens with zero attached hydrogens (tertiary/aromatic N) is 3. The van der Waals surface area contributed by atoms with Gasteiger partial charge in [0.25, 0.3) is 0 Å². The fourth-order valence-corrected chi connectivity index (χ4v) is 3.82. The molecule has 2 heterocycles. The van der Waals surface area contributed by atoms with Gasteiger partial charge in [0.1, 0.15) is 0 Å². The van der Waals surface area contributed by atoms with Gasteiger partial charge >= 0.3 is 0 Å². The van der Waals surface area contributed by atoms with E-state index in [0.29, 0.717) is 31.8 Å². The van der Waals surface area contributed by atoms with Gasteiger partial charge in [0.05, 0.1) is 17.9 Å². The highest BCUT2D eigenvalue weighted by atomic mass is 16.2. The second-order valence-electron chi connectivity index (χ2n) is 7.34. The van der Waals surface area contributed by atoms with Gasteiger partial charge in [-0.3, -0.25) is 14.3 Å². The Morgan fingerprint density at radius 2 is 2.08 bits per heavy atom. The van der Waals surface area contributed by atoms with Crippen molar-refractivity contribution in [3.63, 3.8) is 0 Å². The van der Waals surface area contributed by atoms with Crippen LogP contribution in [0.5, 0.6) is 0 Å². The van der Waals surface area contributed by atoms with Crippen LogP contribution in [0.3, 0.4) is 0 Å². The fraction of sp³-hybridized carbons (Fsp3) is 0.650. The molecule has 6 heteroatoms. The number of carbonyl (C=O) groups is 2. The molecule has 1 aliphatic carbocycles. The summed E-state index contributed by atoms with van der Waals surface area (Å²) >= 11 is 0. The quantitative estimate of drug-likeness (QED) is 0.795. The molecule has 1 N–H and O–H groups in total. The van der Waals surface area contributed by atoms with E-state index in [1.807, 2.05) is 28.7 Å². The highest BCUT2D eigenvalue weighted by Crippen LogP contribution is 2.18. The molecule has 0 radical (unpaired) electrons. The van der Waals surface area contributed by atoms with Crippen LogP contribution in [0.2, 0.25) is 0 Å². The zero-order valence-electron chi connectivity index (χ0n) is 15.7. The predicted molar refractivity (Wildman–Crippen MR) is 100 cm³/mol. The number of hydrogen-bond acceptors (Lipinski definition) is 3. The van der Waals surface area contributed by atoms with Gasteiger partial charge in [-0.2, -0.15) is 5.10 Å². The number of amides is 2. The lowest BCUT2D eigenvalue weighted by Crippen LogP contribution is -2.32. The Hall–Kier alpha value is -2.11. The zero-order chi connectivity index (χ0) is 18.4. The van der Waals surface area contributed by atoms with E-state index in [2.05, 4.69) is 16.5 Å². The van der Waals surface area contributed by atoms with Crippen molar-refractivity contribution in [2.75, 3.05) is 6.54 Å². The van der Waals surface area contributed by atoms with Gasteiger partial charge in [0.2, 0.25) is 11.8 Å². The molecule has 0 spiro atoms. The minimum Gasteiger partial charge on any atom is -0.353 e. The summed E-state index contributed by atoms with van der Waals surface area (Å²) in [5, 5.41) is 7.78. The molecule has 1 aliphatic heterocycles. The molecular formula is C20H30N4O2. The van der Waals surface area contributed by atoms with Crippen LogP contribution >= 0.6 is 0 Å². The Morgan fingerprint density at radius 3 is 2.85 bits per heavy atom. The SMILES string of the molecule is C/C=C/CC(=O)N1CCCn2nc(CCC(=O)NC3CCCC3)cc2C1. The highest BCUT2D eigenvalue weighted by molar-refractivity contribution is 5.77. The lowest BCUT2D eigenvalue weighted by atomic mass is 10.2. The monoisotopic (exact) mass is 358 g/mol. The van der Waals surface area contributed by atoms with Gasteiger partial charge in [-0.15, -0.1) is 0 Å². The summed E-state index contributed by atoms with van der Waals surface area (Å²) in [4.78, 5) is 26.3. The average Bonchev–Trinajstić information content (AvgIpc) is 3.23. The molecule has 0 aromatic carbocycles. The summed E-state index contributed by atoms with van der Waals surface area (Å²) in [6.07, 6.45) is 11.0. The van der Waals surface area contributed by atoms with E-state index >= 15 is 0 Å². The van der Waals surface area contributed by atoms with E-state index in [1.165, 1.54) is 12.8 Å². The maximum Gasteiger partial charge on any atom is 0.226 e. The Bertz CT molecular complexity index is 659. The van der Waals surface area contributed by atoms with Gasteiger partial charge in [-0.25, -0.2) is 0 Å². The molecule has 1 fully saturated rings. The third-order valence-corrected chi connectivity index (χ3v) is 5.27. The van der Waals surface area contributed by atoms with Crippen LogP contribution in [0.25, 0.3) is 0 Å². The third-order valence-electron chi connectivity index (χ3n) is 5.27. The van der Waals surface area contributed by atoms with Gasteiger partial charge in [-0.05, 0) is 32.3 Å². The summed E-state index contributed by atoms with van der Waals surface area (Å²) in [5.41, 5.74) is 2.02. The summed E-state index contributed by atoms with van der Waals surface area (Å²) in [6.45, 7) is 4.15. The summed E-state index contributed by atoms with van der Waals surface area (Å²) < 4.78 is 2.01. The second-order valence-corrected chi connectivity index (χ2v) is 7.34. The first-order valence-electron chi connectivity index (χ1n) is 9.89. The molecule has 0 bridgehead atoms. The number of carbonyl (C=O) groups excluding carboxylic acids is 2. The number of nitrogens with one attached hydrogen (secondary N) is 1. The molecule has 0 unspecified atom stereocenters. The topological polar surface area (TPSA) is 67.2 Å². The van der Waals surface area contributed by atoms with Gasteiger partial charge in [0.15, 0.2) is 0 Å². The molecule has 1 aromatic rings. The van der Waals surface area contributed by atoms with Crippen molar-refractivity contribution >= 4 is 11.8 Å². The van der Waals surface area contributed by atoms with Gasteiger partial charge in [0, 0.05) is 38.4 Å². The minimum absolute atomic E-state index is 0.128. The predicted octanol–water partition coefficient (Wildman–Crippen LogP) is 2.57. The van der Waals surface area contributed by atoms with Crippen molar-refractivity contribution in [2.24, 2.45) is 0 Å². The Kier molecular flexibility index (Phi) is 6.47. The second kappa shape index (κ2) is 9.01. The summed E-state index contributed by atoms with van der Waals surface area (Å²) in [5.74, 6) is 0.290. The first-order valence-corrected chi connectivity index (χ1v) is 9.89. The Balaban J connectivity index is 1.53. The maximum absolute atomic E-state index is 12.3. The van der Waals surface area contributed by atoms with E-state index in [0.717, 1.165) is 43.7 Å². The van der Waals surface area contributed by atoms with Crippen molar-refractivity contribution in [1.29, 1.82) is 0 Å². The number of rotatable bonds is 6. The molecule has 1 aromatic heterocycles. The van der Waals surface area contributed by atoms with Crippen LogP contribution in [0, 0.1) is 0 Å². The molecule has 26 heavy (non-hydrogen) atoms. The molecule has 142 valence electrons. The highest BCUT2D eigenvalue weighted by Gasteiger charge is 2.21. The van der Waals surface area contributed by atoms with E-state index in [9.17, 15) is 9.59 Å². The molecule has 0 saturated heterocycles. The lowest BCUT2D eigenvalue weighted by molar-refractivity contribution is -0.130. The Labute approximate surface area is 155 Å². The number of aryl methyl sites for hydroxylation is 2. The van der Waals surface area contributed by atoms with Crippen LogP contribution in [0.15, 0.2) is 18.2 Å². The molecule has 1 saturated carbocycles. The van der Waals surface area contributed by atoms with E-state index < -0.39 is 0 Å². The van der Waals surface area contributed by atoms with Crippen LogP contribution < -0.4 is 5.32 Å². The summed E-state index contributed by atoms with van der Waals surface area (Å²) in [6, 6.07) is 2.43. The number of aromatic nitrogens is 2. The van der Waals surface area contributed by atoms with Crippen molar-refractivity contribution in [3.05, 3.63) is 29.6 Å². The van der Waals surface area contributed by atoms with Crippen LogP contribution in [0.4, 0.5) is 0 Å². The largest absolute Gasteiger partial charge is 0.353 e. The normalized spacial score (nSPS) is 18.1. The number of fused-ring (bicyclic) bond motifs is 1. The van der Waals surface area contributed by atoms with Crippen molar-refractivity contribution < 1.29 is 9.59 Å². The molecular weight excluding hydrogens is 328 g/mol. The smallest absolute Gasteiger partial charge is 0.226 e. The molecule has 3 rings (SSSR count). The molecule has 6 nitrogen and oxygen atoms in total. The first kappa shape index (κ1) is 18.7. The maximum atomic E-state index is 12.3. The van der Waals surface area contributed by atoms with Crippen molar-refractivity contribution in [1.82, 2.24) is 20.0 Å². The van der Waals surface area contributed by atoms with E-state index in [4.69, 9.17) is 0 Å². The van der Waals surface area contributed by atoms with Crippen molar-refractivity contribution in [3.8, 4) is 0 Å². The Morgan fingerprint density at radius 1 is 1.27 bits per heavy atom. The number of allylic oxidation sites excluding steroid dienone is 1. The molecule has 2 amide bonds. The summed E-state index contributed by atoms with van der Waals surface area (Å²) in [7, 11) is 0. The van der Waals surface area contributed by atoms with Gasteiger partial charge < -0.3 is 10.2 Å². The number of hydrogen-bond donors (Lipinski definition) is 1. The third kappa shape index (κ3) is 4.96. The van der Waals surface area contributed by atoms with Crippen LogP contribution in [0.1, 0.15) is 63.3 Å². The van der Waals surface area contributed by atoms with Gasteiger partial charge in [-0.1, -0.05) is 25.0 Å². The lowest BCUT2D eigenvalue weighted by Gasteiger charge is -2.19. The van der Waals surface area contributed by atoms with E-state index in [1.54, 1.807) is 0 Å². The minimum atomic E-state index is 0.128. The van der Waals surface area contributed by atoms with E-state index in [-0.39, 0.29) is 11.8 Å². The molecule has 2 aliphatic rings. The van der Waals surface area contributed by atoms with Crippen LogP contribution in [-0.4, -0.2) is 39.1 Å². The molecule has 0 atom stereocenters. The zero-order valence-corrected chi connectivity index (χ0v) is 15.7. The van der Waals surface area contributed by atoms with Crippen LogP contribution in [-0.2, 0) is 29.1 Å². The first-order chi connectivity index (χ1) is 12.7. The average molecular weight is 358 g/mol.